The first-order valence-corrected chi connectivity index (χ1v) is 4.80. The standard InChI is InChI=1S/C10H20N2/c1-3-10(2,11)9-12-7-5-4-6-8-12/h4-5H,3,6-9,11H2,1-2H3. The quantitative estimate of drug-likeness (QED) is 0.645. The number of nitrogens with two attached hydrogens (primary N) is 1. The second kappa shape index (κ2) is 4.06. The number of rotatable bonds is 3. The van der Waals surface area contributed by atoms with Gasteiger partial charge in [-0.05, 0) is 19.8 Å². The highest BCUT2D eigenvalue weighted by Gasteiger charge is 2.19. The third-order valence-corrected chi connectivity index (χ3v) is 2.53. The predicted octanol–water partition coefficient (Wildman–Crippen LogP) is 1.38. The van der Waals surface area contributed by atoms with Crippen molar-refractivity contribution in [3.63, 3.8) is 0 Å². The van der Waals surface area contributed by atoms with Crippen LogP contribution >= 0.6 is 0 Å². The summed E-state index contributed by atoms with van der Waals surface area (Å²) in [6, 6.07) is 0. The molecule has 12 heavy (non-hydrogen) atoms. The molecule has 70 valence electrons. The summed E-state index contributed by atoms with van der Waals surface area (Å²) in [5.41, 5.74) is 6.07. The predicted molar refractivity (Wildman–Crippen MR) is 53.1 cm³/mol. The van der Waals surface area contributed by atoms with E-state index in [1.807, 2.05) is 0 Å². The summed E-state index contributed by atoms with van der Waals surface area (Å²) in [6.07, 6.45) is 6.71. The minimum atomic E-state index is -0.00875. The molecule has 2 heteroatoms. The van der Waals surface area contributed by atoms with Gasteiger partial charge in [0.25, 0.3) is 0 Å². The Balaban J connectivity index is 2.35. The van der Waals surface area contributed by atoms with E-state index in [0.717, 1.165) is 19.5 Å². The molecule has 2 N–H and O–H groups in total. The molecule has 1 atom stereocenters. The molecule has 1 aliphatic rings. The van der Waals surface area contributed by atoms with Gasteiger partial charge in [-0.1, -0.05) is 19.1 Å². The molecule has 0 radical (unpaired) electrons. The van der Waals surface area contributed by atoms with Gasteiger partial charge in [0.05, 0.1) is 0 Å². The molecule has 0 aliphatic carbocycles. The Kier molecular flexibility index (Phi) is 3.29. The second-order valence-corrected chi connectivity index (χ2v) is 4.00. The first kappa shape index (κ1) is 9.75. The zero-order chi connectivity index (χ0) is 9.03. The lowest BCUT2D eigenvalue weighted by atomic mass is 9.99. The molecule has 1 aliphatic heterocycles. The van der Waals surface area contributed by atoms with Crippen LogP contribution in [-0.2, 0) is 0 Å². The van der Waals surface area contributed by atoms with Gasteiger partial charge in [0.1, 0.15) is 0 Å². The van der Waals surface area contributed by atoms with Crippen LogP contribution < -0.4 is 5.73 Å². The topological polar surface area (TPSA) is 29.3 Å². The van der Waals surface area contributed by atoms with Crippen molar-refractivity contribution in [1.29, 1.82) is 0 Å². The number of nitrogens with zero attached hydrogens (tertiary/aromatic N) is 1. The van der Waals surface area contributed by atoms with Crippen molar-refractivity contribution in [3.8, 4) is 0 Å². The van der Waals surface area contributed by atoms with E-state index in [4.69, 9.17) is 5.73 Å². The molecule has 1 unspecified atom stereocenters. The van der Waals surface area contributed by atoms with Crippen LogP contribution in [0.3, 0.4) is 0 Å². The molecule has 0 saturated heterocycles. The van der Waals surface area contributed by atoms with Crippen LogP contribution in [0.4, 0.5) is 0 Å². The van der Waals surface area contributed by atoms with Crippen LogP contribution in [0.15, 0.2) is 12.2 Å². The van der Waals surface area contributed by atoms with Crippen LogP contribution in [-0.4, -0.2) is 30.1 Å². The first-order chi connectivity index (χ1) is 5.64. The van der Waals surface area contributed by atoms with Crippen molar-refractivity contribution in [2.24, 2.45) is 5.73 Å². The smallest absolute Gasteiger partial charge is 0.0252 e. The van der Waals surface area contributed by atoms with Gasteiger partial charge >= 0.3 is 0 Å². The molecule has 2 nitrogen and oxygen atoms in total. The Morgan fingerprint density at radius 3 is 2.75 bits per heavy atom. The Morgan fingerprint density at radius 1 is 1.50 bits per heavy atom. The summed E-state index contributed by atoms with van der Waals surface area (Å²) in [5.74, 6) is 0. The van der Waals surface area contributed by atoms with Gasteiger partial charge in [-0.2, -0.15) is 0 Å². The van der Waals surface area contributed by atoms with Gasteiger partial charge in [0.2, 0.25) is 0 Å². The van der Waals surface area contributed by atoms with E-state index in [2.05, 4.69) is 30.9 Å². The van der Waals surface area contributed by atoms with Gasteiger partial charge in [-0.15, -0.1) is 0 Å². The molecular weight excluding hydrogens is 148 g/mol. The van der Waals surface area contributed by atoms with Gasteiger partial charge in [-0.3, -0.25) is 4.90 Å². The van der Waals surface area contributed by atoms with Crippen LogP contribution in [0, 0.1) is 0 Å². The summed E-state index contributed by atoms with van der Waals surface area (Å²) >= 11 is 0. The monoisotopic (exact) mass is 168 g/mol. The lowest BCUT2D eigenvalue weighted by molar-refractivity contribution is 0.229. The van der Waals surface area contributed by atoms with E-state index in [0.29, 0.717) is 0 Å². The van der Waals surface area contributed by atoms with Gasteiger partial charge in [0.15, 0.2) is 0 Å². The van der Waals surface area contributed by atoms with E-state index in [-0.39, 0.29) is 5.54 Å². The fourth-order valence-electron chi connectivity index (χ4n) is 1.46. The molecule has 0 saturated carbocycles. The molecule has 0 fully saturated rings. The van der Waals surface area contributed by atoms with Gasteiger partial charge < -0.3 is 5.73 Å². The fourth-order valence-corrected chi connectivity index (χ4v) is 1.46. The summed E-state index contributed by atoms with van der Waals surface area (Å²) in [6.45, 7) is 7.55. The average Bonchev–Trinajstić information content (AvgIpc) is 2.06. The zero-order valence-electron chi connectivity index (χ0n) is 8.21. The van der Waals surface area contributed by atoms with Crippen molar-refractivity contribution >= 4 is 0 Å². The zero-order valence-corrected chi connectivity index (χ0v) is 8.21. The molecule has 0 bridgehead atoms. The van der Waals surface area contributed by atoms with Crippen molar-refractivity contribution in [2.45, 2.75) is 32.2 Å². The van der Waals surface area contributed by atoms with Crippen LogP contribution in [0.5, 0.6) is 0 Å². The van der Waals surface area contributed by atoms with Crippen LogP contribution in [0.2, 0.25) is 0 Å². The SMILES string of the molecule is CCC(C)(N)CN1CC=CCC1. The summed E-state index contributed by atoms with van der Waals surface area (Å²) < 4.78 is 0. The van der Waals surface area contributed by atoms with Gasteiger partial charge in [0, 0.05) is 25.2 Å². The van der Waals surface area contributed by atoms with E-state index in [1.165, 1.54) is 13.0 Å². The average molecular weight is 168 g/mol. The maximum Gasteiger partial charge on any atom is 0.0252 e. The summed E-state index contributed by atoms with van der Waals surface area (Å²) in [5, 5.41) is 0. The lowest BCUT2D eigenvalue weighted by Crippen LogP contribution is -2.48. The van der Waals surface area contributed by atoms with Crippen molar-refractivity contribution < 1.29 is 0 Å². The van der Waals surface area contributed by atoms with E-state index in [9.17, 15) is 0 Å². The Bertz CT molecular complexity index is 161. The lowest BCUT2D eigenvalue weighted by Gasteiger charge is -2.32. The van der Waals surface area contributed by atoms with E-state index >= 15 is 0 Å². The van der Waals surface area contributed by atoms with E-state index < -0.39 is 0 Å². The second-order valence-electron chi connectivity index (χ2n) is 4.00. The molecular formula is C10H20N2. The molecule has 0 aromatic rings. The molecule has 1 heterocycles. The molecule has 0 spiro atoms. The maximum atomic E-state index is 6.08. The number of hydrogen-bond acceptors (Lipinski definition) is 2. The van der Waals surface area contributed by atoms with E-state index in [1.54, 1.807) is 0 Å². The first-order valence-electron chi connectivity index (χ1n) is 4.80. The van der Waals surface area contributed by atoms with Crippen molar-refractivity contribution in [1.82, 2.24) is 4.90 Å². The minimum Gasteiger partial charge on any atom is -0.324 e. The van der Waals surface area contributed by atoms with Gasteiger partial charge in [-0.25, -0.2) is 0 Å². The third-order valence-electron chi connectivity index (χ3n) is 2.53. The highest BCUT2D eigenvalue weighted by Crippen LogP contribution is 2.10. The largest absolute Gasteiger partial charge is 0.324 e. The summed E-state index contributed by atoms with van der Waals surface area (Å²) in [7, 11) is 0. The fraction of sp³-hybridized carbons (Fsp3) is 0.800. The highest BCUT2D eigenvalue weighted by molar-refractivity contribution is 4.93. The highest BCUT2D eigenvalue weighted by atomic mass is 15.1. The third kappa shape index (κ3) is 2.95. The minimum absolute atomic E-state index is 0.00875. The molecule has 0 amide bonds. The Labute approximate surface area is 75.4 Å². The van der Waals surface area contributed by atoms with Crippen LogP contribution in [0.25, 0.3) is 0 Å². The normalized spacial score (nSPS) is 23.9. The summed E-state index contributed by atoms with van der Waals surface area (Å²) in [4.78, 5) is 2.42. The van der Waals surface area contributed by atoms with Crippen LogP contribution in [0.1, 0.15) is 26.7 Å². The van der Waals surface area contributed by atoms with Crippen molar-refractivity contribution in [2.75, 3.05) is 19.6 Å². The Morgan fingerprint density at radius 2 is 2.25 bits per heavy atom. The molecule has 0 aromatic heterocycles. The molecule has 1 rings (SSSR count). The number of hydrogen-bond donors (Lipinski definition) is 1. The maximum absolute atomic E-state index is 6.08. The Hall–Kier alpha value is -0.340. The molecule has 0 aromatic carbocycles. The van der Waals surface area contributed by atoms with Crippen molar-refractivity contribution in [3.05, 3.63) is 12.2 Å².